The Morgan fingerprint density at radius 2 is 1.35 bits per heavy atom. The summed E-state index contributed by atoms with van der Waals surface area (Å²) >= 11 is 0. The zero-order chi connectivity index (χ0) is 11.5. The molecule has 2 saturated carbocycles. The maximum atomic E-state index is 3.52. The molecular formula is C15H28N2. The number of hydrogen-bond donors (Lipinski definition) is 2. The Hall–Kier alpha value is -0.0800. The Morgan fingerprint density at radius 1 is 0.647 bits per heavy atom. The first-order valence-corrected chi connectivity index (χ1v) is 7.84. The van der Waals surface area contributed by atoms with Crippen LogP contribution in [0.1, 0.15) is 51.4 Å². The van der Waals surface area contributed by atoms with Gasteiger partial charge in [-0.2, -0.15) is 0 Å². The maximum absolute atomic E-state index is 3.52. The van der Waals surface area contributed by atoms with Crippen molar-refractivity contribution in [2.45, 2.75) is 57.4 Å². The third-order valence-corrected chi connectivity index (χ3v) is 5.31. The Labute approximate surface area is 106 Å². The van der Waals surface area contributed by atoms with E-state index in [9.17, 15) is 0 Å². The monoisotopic (exact) mass is 236 g/mol. The highest BCUT2D eigenvalue weighted by Gasteiger charge is 2.27. The number of rotatable bonds is 0. The van der Waals surface area contributed by atoms with Crippen LogP contribution in [0.5, 0.6) is 0 Å². The molecule has 0 aromatic rings. The lowest BCUT2D eigenvalue weighted by Gasteiger charge is -2.21. The van der Waals surface area contributed by atoms with Gasteiger partial charge in [-0.15, -0.1) is 0 Å². The quantitative estimate of drug-likeness (QED) is 0.675. The fourth-order valence-electron chi connectivity index (χ4n) is 4.13. The van der Waals surface area contributed by atoms with Gasteiger partial charge >= 0.3 is 0 Å². The molecule has 5 fully saturated rings. The maximum Gasteiger partial charge on any atom is 0.00702 e. The van der Waals surface area contributed by atoms with Crippen LogP contribution in [0.2, 0.25) is 0 Å². The SMILES string of the molecule is C1CC2CCC1CNC2.C1CC2CNC(C1)C2. The first-order valence-electron chi connectivity index (χ1n) is 7.84. The molecule has 2 N–H and O–H groups in total. The van der Waals surface area contributed by atoms with Gasteiger partial charge in [0.1, 0.15) is 0 Å². The summed E-state index contributed by atoms with van der Waals surface area (Å²) in [6.45, 7) is 3.91. The first-order chi connectivity index (χ1) is 8.40. The van der Waals surface area contributed by atoms with Gasteiger partial charge in [0.05, 0.1) is 0 Å². The van der Waals surface area contributed by atoms with Crippen LogP contribution >= 0.6 is 0 Å². The average Bonchev–Trinajstić information content (AvgIpc) is 2.62. The molecule has 4 bridgehead atoms. The normalized spacial score (nSPS) is 43.8. The van der Waals surface area contributed by atoms with Crippen LogP contribution in [0, 0.1) is 17.8 Å². The van der Waals surface area contributed by atoms with E-state index in [0.717, 1.165) is 23.8 Å². The van der Waals surface area contributed by atoms with Crippen molar-refractivity contribution >= 4 is 0 Å². The molecule has 0 aromatic heterocycles. The van der Waals surface area contributed by atoms with E-state index in [1.807, 2.05) is 0 Å². The Kier molecular flexibility index (Phi) is 4.02. The smallest absolute Gasteiger partial charge is 0.00702 e. The zero-order valence-corrected chi connectivity index (χ0v) is 11.1. The highest BCUT2D eigenvalue weighted by molar-refractivity contribution is 4.85. The van der Waals surface area contributed by atoms with Crippen molar-refractivity contribution in [3.8, 4) is 0 Å². The van der Waals surface area contributed by atoms with Crippen LogP contribution in [0.15, 0.2) is 0 Å². The molecule has 0 radical (unpaired) electrons. The predicted octanol–water partition coefficient (Wildman–Crippen LogP) is 2.54. The molecule has 2 aliphatic carbocycles. The highest BCUT2D eigenvalue weighted by atomic mass is 15.0. The van der Waals surface area contributed by atoms with Crippen LogP contribution in [-0.4, -0.2) is 25.7 Å². The Morgan fingerprint density at radius 3 is 1.94 bits per heavy atom. The molecule has 3 aliphatic heterocycles. The van der Waals surface area contributed by atoms with E-state index in [1.54, 1.807) is 0 Å². The van der Waals surface area contributed by atoms with Crippen molar-refractivity contribution in [3.63, 3.8) is 0 Å². The van der Waals surface area contributed by atoms with E-state index < -0.39 is 0 Å². The molecule has 5 rings (SSSR count). The van der Waals surface area contributed by atoms with Crippen molar-refractivity contribution < 1.29 is 0 Å². The fraction of sp³-hybridized carbons (Fsp3) is 1.00. The van der Waals surface area contributed by atoms with Crippen molar-refractivity contribution in [1.82, 2.24) is 10.6 Å². The van der Waals surface area contributed by atoms with Crippen molar-refractivity contribution in [2.75, 3.05) is 19.6 Å². The predicted molar refractivity (Wildman–Crippen MR) is 72.1 cm³/mol. The van der Waals surface area contributed by atoms with Gasteiger partial charge < -0.3 is 10.6 Å². The van der Waals surface area contributed by atoms with Gasteiger partial charge in [-0.1, -0.05) is 6.42 Å². The second kappa shape index (κ2) is 5.71. The molecule has 3 heterocycles. The summed E-state index contributed by atoms with van der Waals surface area (Å²) in [7, 11) is 0. The van der Waals surface area contributed by atoms with Crippen LogP contribution in [0.3, 0.4) is 0 Å². The largest absolute Gasteiger partial charge is 0.316 e. The minimum atomic E-state index is 0.911. The van der Waals surface area contributed by atoms with E-state index >= 15 is 0 Å². The first kappa shape index (κ1) is 12.0. The Bertz CT molecular complexity index is 202. The minimum absolute atomic E-state index is 0.911. The van der Waals surface area contributed by atoms with E-state index in [-0.39, 0.29) is 0 Å². The summed E-state index contributed by atoms with van der Waals surface area (Å²) in [5.41, 5.74) is 0. The molecule has 5 aliphatic rings. The van der Waals surface area contributed by atoms with Crippen molar-refractivity contribution in [2.24, 2.45) is 17.8 Å². The van der Waals surface area contributed by atoms with E-state index in [0.29, 0.717) is 0 Å². The van der Waals surface area contributed by atoms with E-state index in [2.05, 4.69) is 10.6 Å². The van der Waals surface area contributed by atoms with Gasteiger partial charge in [0.25, 0.3) is 0 Å². The second-order valence-electron chi connectivity index (χ2n) is 6.68. The van der Waals surface area contributed by atoms with Gasteiger partial charge in [-0.25, -0.2) is 0 Å². The van der Waals surface area contributed by atoms with Gasteiger partial charge in [0.15, 0.2) is 0 Å². The number of fused-ring (bicyclic) bond motifs is 6. The molecule has 0 spiro atoms. The topological polar surface area (TPSA) is 24.1 Å². The van der Waals surface area contributed by atoms with Crippen molar-refractivity contribution in [3.05, 3.63) is 0 Å². The van der Waals surface area contributed by atoms with Crippen LogP contribution in [0.4, 0.5) is 0 Å². The van der Waals surface area contributed by atoms with Gasteiger partial charge in [-0.3, -0.25) is 0 Å². The Balaban J connectivity index is 0.000000107. The molecule has 0 aromatic carbocycles. The molecular weight excluding hydrogens is 208 g/mol. The van der Waals surface area contributed by atoms with Gasteiger partial charge in [0.2, 0.25) is 0 Å². The van der Waals surface area contributed by atoms with Crippen LogP contribution < -0.4 is 10.6 Å². The number of nitrogens with one attached hydrogen (secondary N) is 2. The lowest BCUT2D eigenvalue weighted by atomic mass is 9.84. The molecule has 2 heteroatoms. The fourth-order valence-corrected chi connectivity index (χ4v) is 4.13. The van der Waals surface area contributed by atoms with Crippen molar-refractivity contribution in [1.29, 1.82) is 0 Å². The lowest BCUT2D eigenvalue weighted by molar-refractivity contribution is 0.326. The summed E-state index contributed by atoms with van der Waals surface area (Å²) in [6.07, 6.45) is 11.9. The molecule has 2 unspecified atom stereocenters. The standard InChI is InChI=1S/C8H15N.C7H13N/c1-2-8-4-3-7(1)5-9-6-8;1-2-6-4-7(3-1)8-5-6/h7-9H,1-6H2;6-8H,1-5H2. The summed E-state index contributed by atoms with van der Waals surface area (Å²) < 4.78 is 0. The third kappa shape index (κ3) is 3.23. The van der Waals surface area contributed by atoms with Crippen LogP contribution in [0.25, 0.3) is 0 Å². The third-order valence-electron chi connectivity index (χ3n) is 5.31. The van der Waals surface area contributed by atoms with E-state index in [1.165, 1.54) is 71.0 Å². The second-order valence-corrected chi connectivity index (χ2v) is 6.68. The zero-order valence-electron chi connectivity index (χ0n) is 11.1. The molecule has 17 heavy (non-hydrogen) atoms. The summed E-state index contributed by atoms with van der Waals surface area (Å²) in [5, 5.41) is 7.03. The van der Waals surface area contributed by atoms with Gasteiger partial charge in [-0.05, 0) is 82.3 Å². The molecule has 98 valence electrons. The molecule has 2 atom stereocenters. The highest BCUT2D eigenvalue weighted by Crippen LogP contribution is 2.30. The van der Waals surface area contributed by atoms with Gasteiger partial charge in [0, 0.05) is 6.04 Å². The molecule has 0 amide bonds. The summed E-state index contributed by atoms with van der Waals surface area (Å²) in [5.74, 6) is 3.11. The summed E-state index contributed by atoms with van der Waals surface area (Å²) in [4.78, 5) is 0. The lowest BCUT2D eigenvalue weighted by Crippen LogP contribution is -2.20. The van der Waals surface area contributed by atoms with E-state index in [4.69, 9.17) is 0 Å². The molecule has 2 nitrogen and oxygen atoms in total. The average molecular weight is 236 g/mol. The van der Waals surface area contributed by atoms with Crippen LogP contribution in [-0.2, 0) is 0 Å². The molecule has 3 saturated heterocycles. The number of hydrogen-bond acceptors (Lipinski definition) is 2. The summed E-state index contributed by atoms with van der Waals surface area (Å²) in [6, 6.07) is 0.911. The minimum Gasteiger partial charge on any atom is -0.316 e.